The van der Waals surface area contributed by atoms with E-state index >= 15 is 0 Å². The van der Waals surface area contributed by atoms with Crippen molar-refractivity contribution in [3.63, 3.8) is 0 Å². The zero-order valence-corrected chi connectivity index (χ0v) is 11.7. The number of likely N-dealkylation sites (N-methyl/N-ethyl adjacent to an activating group) is 1. The summed E-state index contributed by atoms with van der Waals surface area (Å²) in [5.74, 6) is -1.01. The summed E-state index contributed by atoms with van der Waals surface area (Å²) in [6.45, 7) is 0.949. The van der Waals surface area contributed by atoms with Gasteiger partial charge < -0.3 is 14.7 Å². The van der Waals surface area contributed by atoms with Crippen LogP contribution in [0.15, 0.2) is 35.1 Å². The largest absolute Gasteiger partial charge is 0.488 e. The fourth-order valence-electron chi connectivity index (χ4n) is 2.43. The molecule has 0 unspecified atom stereocenters. The van der Waals surface area contributed by atoms with E-state index in [1.54, 1.807) is 11.9 Å². The Labute approximate surface area is 125 Å². The second kappa shape index (κ2) is 5.18. The van der Waals surface area contributed by atoms with Gasteiger partial charge in [0.15, 0.2) is 11.6 Å². The summed E-state index contributed by atoms with van der Waals surface area (Å²) in [6.07, 6.45) is 0. The average Bonchev–Trinajstić information content (AvgIpc) is 2.48. The molecule has 0 saturated heterocycles. The molecule has 0 atom stereocenters. The van der Waals surface area contributed by atoms with E-state index in [9.17, 15) is 19.1 Å². The zero-order valence-electron chi connectivity index (χ0n) is 11.7. The smallest absolute Gasteiger partial charge is 0.341 e. The molecule has 1 N–H and O–H groups in total. The van der Waals surface area contributed by atoms with Gasteiger partial charge in [0.25, 0.3) is 5.56 Å². The Morgan fingerprint density at radius 3 is 2.64 bits per heavy atom. The fraction of sp³-hybridized carbons (Fsp3) is 0.200. The lowest BCUT2D eigenvalue weighted by Gasteiger charge is -2.30. The molecule has 1 aliphatic heterocycles. The summed E-state index contributed by atoms with van der Waals surface area (Å²) in [6, 6.07) is 6.50. The number of anilines is 1. The predicted octanol–water partition coefficient (Wildman–Crippen LogP) is 1.50. The Kier molecular flexibility index (Phi) is 3.32. The van der Waals surface area contributed by atoms with Crippen LogP contribution >= 0.6 is 0 Å². The summed E-state index contributed by atoms with van der Waals surface area (Å²) in [5.41, 5.74) is -0.698. The van der Waals surface area contributed by atoms with Crippen LogP contribution in [0.3, 0.4) is 0 Å². The summed E-state index contributed by atoms with van der Waals surface area (Å²) in [5, 5.41) is 9.21. The maximum atomic E-state index is 13.1. The van der Waals surface area contributed by atoms with Gasteiger partial charge in [-0.3, -0.25) is 9.36 Å². The summed E-state index contributed by atoms with van der Waals surface area (Å²) in [4.78, 5) is 25.6. The number of halogens is 1. The average molecular weight is 304 g/mol. The molecule has 0 aliphatic carbocycles. The van der Waals surface area contributed by atoms with Crippen molar-refractivity contribution in [2.24, 2.45) is 0 Å². The van der Waals surface area contributed by atoms with Crippen molar-refractivity contribution in [2.75, 3.05) is 25.1 Å². The lowest BCUT2D eigenvalue weighted by atomic mass is 10.2. The normalized spacial score (nSPS) is 13.5. The Morgan fingerprint density at radius 2 is 2.00 bits per heavy atom. The molecule has 1 aromatic heterocycles. The van der Waals surface area contributed by atoms with Crippen LogP contribution in [0.1, 0.15) is 10.4 Å². The molecule has 1 aromatic carbocycles. The molecule has 0 saturated carbocycles. The van der Waals surface area contributed by atoms with E-state index < -0.39 is 22.9 Å². The molecule has 0 fully saturated rings. The Hall–Kier alpha value is -2.83. The highest BCUT2D eigenvalue weighted by atomic mass is 19.1. The lowest BCUT2D eigenvalue weighted by molar-refractivity contribution is 0.0694. The van der Waals surface area contributed by atoms with Crippen molar-refractivity contribution in [3.05, 3.63) is 52.1 Å². The van der Waals surface area contributed by atoms with Gasteiger partial charge in [0, 0.05) is 13.1 Å². The van der Waals surface area contributed by atoms with Crippen molar-refractivity contribution in [2.45, 2.75) is 0 Å². The minimum Gasteiger partial charge on any atom is -0.488 e. The first kappa shape index (κ1) is 14.1. The van der Waals surface area contributed by atoms with E-state index in [0.29, 0.717) is 30.4 Å². The molecule has 2 aromatic rings. The van der Waals surface area contributed by atoms with Crippen LogP contribution in [-0.2, 0) is 0 Å². The number of ether oxygens (including phenoxy) is 1. The van der Waals surface area contributed by atoms with E-state index in [0.717, 1.165) is 0 Å². The first-order valence-corrected chi connectivity index (χ1v) is 6.62. The monoisotopic (exact) mass is 304 g/mol. The molecule has 2 heterocycles. The maximum absolute atomic E-state index is 13.1. The van der Waals surface area contributed by atoms with Crippen molar-refractivity contribution in [1.82, 2.24) is 4.57 Å². The number of benzene rings is 1. The van der Waals surface area contributed by atoms with Gasteiger partial charge in [0.1, 0.15) is 18.0 Å². The molecule has 0 spiro atoms. The van der Waals surface area contributed by atoms with Gasteiger partial charge in [-0.15, -0.1) is 0 Å². The summed E-state index contributed by atoms with van der Waals surface area (Å²) < 4.78 is 19.8. The molecule has 22 heavy (non-hydrogen) atoms. The SMILES string of the molecule is CN1CCOc2cc(C(=O)O)c(=O)n(-c3ccc(F)cc3)c21. The lowest BCUT2D eigenvalue weighted by Crippen LogP contribution is -2.37. The Bertz CT molecular complexity index is 798. The van der Waals surface area contributed by atoms with Gasteiger partial charge in [-0.25, -0.2) is 9.18 Å². The molecule has 0 amide bonds. The second-order valence-corrected chi connectivity index (χ2v) is 4.94. The van der Waals surface area contributed by atoms with Crippen molar-refractivity contribution in [3.8, 4) is 11.4 Å². The third kappa shape index (κ3) is 2.20. The minimum atomic E-state index is -1.33. The number of aromatic nitrogens is 1. The topological polar surface area (TPSA) is 71.8 Å². The van der Waals surface area contributed by atoms with E-state index in [1.807, 2.05) is 0 Å². The third-order valence-electron chi connectivity index (χ3n) is 3.50. The number of rotatable bonds is 2. The first-order valence-electron chi connectivity index (χ1n) is 6.62. The molecule has 1 aliphatic rings. The Balaban J connectivity index is 2.35. The van der Waals surface area contributed by atoms with Crippen LogP contribution in [0.25, 0.3) is 5.69 Å². The molecule has 6 nitrogen and oxygen atoms in total. The van der Waals surface area contributed by atoms with E-state index in [-0.39, 0.29) is 0 Å². The fourth-order valence-corrected chi connectivity index (χ4v) is 2.43. The molecule has 0 bridgehead atoms. The van der Waals surface area contributed by atoms with Gasteiger partial charge in [0.2, 0.25) is 0 Å². The number of fused-ring (bicyclic) bond motifs is 1. The van der Waals surface area contributed by atoms with Crippen molar-refractivity contribution >= 4 is 11.8 Å². The van der Waals surface area contributed by atoms with Gasteiger partial charge >= 0.3 is 5.97 Å². The van der Waals surface area contributed by atoms with E-state index in [4.69, 9.17) is 4.74 Å². The maximum Gasteiger partial charge on any atom is 0.341 e. The second-order valence-electron chi connectivity index (χ2n) is 4.94. The van der Waals surface area contributed by atoms with Gasteiger partial charge in [-0.1, -0.05) is 0 Å². The van der Waals surface area contributed by atoms with Gasteiger partial charge in [0.05, 0.1) is 12.2 Å². The molecular weight excluding hydrogens is 291 g/mol. The van der Waals surface area contributed by atoms with Crippen LogP contribution in [0.4, 0.5) is 10.2 Å². The highest BCUT2D eigenvalue weighted by molar-refractivity contribution is 5.88. The highest BCUT2D eigenvalue weighted by Gasteiger charge is 2.25. The Morgan fingerprint density at radius 1 is 1.32 bits per heavy atom. The quantitative estimate of drug-likeness (QED) is 0.910. The molecule has 0 radical (unpaired) electrons. The van der Waals surface area contributed by atoms with Crippen molar-refractivity contribution < 1.29 is 19.0 Å². The number of pyridine rings is 1. The number of aromatic carboxylic acids is 1. The van der Waals surface area contributed by atoms with Crippen LogP contribution in [0.5, 0.6) is 5.75 Å². The van der Waals surface area contributed by atoms with E-state index in [2.05, 4.69) is 0 Å². The number of carbonyl (C=O) groups is 1. The van der Waals surface area contributed by atoms with Crippen LogP contribution in [0.2, 0.25) is 0 Å². The highest BCUT2D eigenvalue weighted by Crippen LogP contribution is 2.32. The number of hydrogen-bond acceptors (Lipinski definition) is 4. The number of carboxylic acid groups (broad SMARTS) is 1. The zero-order chi connectivity index (χ0) is 15.9. The molecule has 7 heteroatoms. The van der Waals surface area contributed by atoms with Crippen LogP contribution in [0, 0.1) is 5.82 Å². The first-order chi connectivity index (χ1) is 10.5. The predicted molar refractivity (Wildman–Crippen MR) is 77.7 cm³/mol. The summed E-state index contributed by atoms with van der Waals surface area (Å²) in [7, 11) is 1.78. The van der Waals surface area contributed by atoms with Gasteiger partial charge in [-0.05, 0) is 24.3 Å². The van der Waals surface area contributed by atoms with Crippen LogP contribution in [-0.4, -0.2) is 35.8 Å². The number of nitrogens with zero attached hydrogens (tertiary/aromatic N) is 2. The number of hydrogen-bond donors (Lipinski definition) is 1. The molecule has 114 valence electrons. The standard InChI is InChI=1S/C15H13FN2O4/c1-17-6-7-22-12-8-11(15(20)21)14(19)18(13(12)17)10-4-2-9(16)3-5-10/h2-5,8H,6-7H2,1H3,(H,20,21). The molecule has 3 rings (SSSR count). The van der Waals surface area contributed by atoms with Crippen molar-refractivity contribution in [1.29, 1.82) is 0 Å². The molecular formula is C15H13FN2O4. The van der Waals surface area contributed by atoms with Gasteiger partial charge in [-0.2, -0.15) is 0 Å². The number of carboxylic acids is 1. The summed E-state index contributed by atoms with van der Waals surface area (Å²) >= 11 is 0. The minimum absolute atomic E-state index is 0.315. The third-order valence-corrected chi connectivity index (χ3v) is 3.50. The van der Waals surface area contributed by atoms with Crippen LogP contribution < -0.4 is 15.2 Å². The van der Waals surface area contributed by atoms with E-state index in [1.165, 1.54) is 34.9 Å².